The van der Waals surface area contributed by atoms with Crippen LogP contribution >= 0.6 is 0 Å². The van der Waals surface area contributed by atoms with Gasteiger partial charge in [0.1, 0.15) is 18.4 Å². The summed E-state index contributed by atoms with van der Waals surface area (Å²) >= 11 is 0. The van der Waals surface area contributed by atoms with E-state index in [1.165, 1.54) is 4.90 Å². The molecule has 2 bridgehead atoms. The number of carbonyl (C=O) groups is 3. The maximum absolute atomic E-state index is 13.9. The Morgan fingerprint density at radius 3 is 2.46 bits per heavy atom. The fraction of sp³-hybridized carbons (Fsp3) is 0.697. The van der Waals surface area contributed by atoms with E-state index in [2.05, 4.69) is 25.0 Å². The molecule has 0 spiro atoms. The van der Waals surface area contributed by atoms with Gasteiger partial charge in [-0.05, 0) is 71.1 Å². The third-order valence-electron chi connectivity index (χ3n) is 9.53. The maximum atomic E-state index is 13.9. The van der Waals surface area contributed by atoms with E-state index >= 15 is 0 Å². The molecule has 1 N–H and O–H groups in total. The molecule has 1 aromatic heterocycles. The molecule has 13 heteroatoms. The zero-order valence-corrected chi connectivity index (χ0v) is 29.1. The number of aryl methyl sites for hydroxylation is 2. The number of fused-ring (bicyclic) bond motifs is 2. The van der Waals surface area contributed by atoms with E-state index in [1.54, 1.807) is 9.13 Å². The lowest BCUT2D eigenvalue weighted by Crippen LogP contribution is -2.61. The lowest BCUT2D eigenvalue weighted by molar-refractivity contribution is -0.157. The molecular formula is C33H49N5O7Si. The number of imide groups is 1. The average Bonchev–Trinajstić information content (AvgIpc) is 3.24. The number of likely N-dealkylation sites (tertiary alicyclic amines) is 1. The number of hydrogen-bond donors (Lipinski definition) is 1. The SMILES string of the molecule is CC(C)(C)OC(=O)N1C2COCC1CC(Nc1ccc3c4c1CCCn4c(=O)n3C1CCC(=O)N(COCC[Si](C)(C)C)C1=O)C2. The summed E-state index contributed by atoms with van der Waals surface area (Å²) in [5, 5.41) is 3.77. The maximum Gasteiger partial charge on any atom is 0.410 e. The number of piperidine rings is 2. The van der Waals surface area contributed by atoms with Crippen molar-refractivity contribution in [3.05, 3.63) is 28.2 Å². The summed E-state index contributed by atoms with van der Waals surface area (Å²) in [4.78, 5) is 56.5. The predicted molar refractivity (Wildman–Crippen MR) is 177 cm³/mol. The van der Waals surface area contributed by atoms with E-state index < -0.39 is 19.7 Å². The molecule has 3 fully saturated rings. The molecule has 3 atom stereocenters. The van der Waals surface area contributed by atoms with E-state index in [-0.39, 0.29) is 54.9 Å². The molecule has 0 aliphatic carbocycles. The zero-order chi connectivity index (χ0) is 33.0. The van der Waals surface area contributed by atoms with Crippen LogP contribution in [0, 0.1) is 0 Å². The first-order chi connectivity index (χ1) is 21.7. The summed E-state index contributed by atoms with van der Waals surface area (Å²) in [6, 6.07) is 4.10. The van der Waals surface area contributed by atoms with Crippen LogP contribution in [0.4, 0.5) is 10.5 Å². The van der Waals surface area contributed by atoms with Gasteiger partial charge >= 0.3 is 11.8 Å². The number of anilines is 1. The van der Waals surface area contributed by atoms with Gasteiger partial charge < -0.3 is 19.5 Å². The van der Waals surface area contributed by atoms with Crippen molar-refractivity contribution in [1.29, 1.82) is 0 Å². The molecule has 4 aliphatic rings. The highest BCUT2D eigenvalue weighted by atomic mass is 28.3. The molecule has 0 saturated carbocycles. The van der Waals surface area contributed by atoms with Crippen LogP contribution < -0.4 is 11.0 Å². The van der Waals surface area contributed by atoms with Gasteiger partial charge in [0.15, 0.2) is 0 Å². The van der Waals surface area contributed by atoms with Gasteiger partial charge in [-0.3, -0.25) is 28.5 Å². The number of nitrogens with zero attached hydrogens (tertiary/aromatic N) is 4. The van der Waals surface area contributed by atoms with Crippen molar-refractivity contribution >= 4 is 42.7 Å². The lowest BCUT2D eigenvalue weighted by Gasteiger charge is -2.48. The lowest BCUT2D eigenvalue weighted by atomic mass is 9.89. The second-order valence-electron chi connectivity index (χ2n) is 15.5. The van der Waals surface area contributed by atoms with Gasteiger partial charge in [-0.2, -0.15) is 0 Å². The van der Waals surface area contributed by atoms with Crippen LogP contribution in [-0.4, -0.2) is 95.2 Å². The first kappa shape index (κ1) is 32.8. The first-order valence-electron chi connectivity index (χ1n) is 16.8. The first-order valence-corrected chi connectivity index (χ1v) is 20.5. The number of carbonyl (C=O) groups excluding carboxylic acids is 3. The summed E-state index contributed by atoms with van der Waals surface area (Å²) in [6.45, 7) is 14.3. The molecule has 46 heavy (non-hydrogen) atoms. The van der Waals surface area contributed by atoms with Gasteiger partial charge in [-0.15, -0.1) is 0 Å². The number of rotatable bonds is 8. The molecule has 0 radical (unpaired) electrons. The number of aromatic nitrogens is 2. The molecule has 3 unspecified atom stereocenters. The minimum absolute atomic E-state index is 0.0782. The van der Waals surface area contributed by atoms with E-state index in [9.17, 15) is 19.2 Å². The van der Waals surface area contributed by atoms with Crippen LogP contribution in [0.2, 0.25) is 25.7 Å². The van der Waals surface area contributed by atoms with E-state index in [1.807, 2.05) is 37.8 Å². The third-order valence-corrected chi connectivity index (χ3v) is 11.2. The molecule has 3 amide bonds. The Kier molecular flexibility index (Phi) is 8.87. The van der Waals surface area contributed by atoms with E-state index in [4.69, 9.17) is 14.2 Å². The third kappa shape index (κ3) is 6.50. The average molecular weight is 656 g/mol. The summed E-state index contributed by atoms with van der Waals surface area (Å²) in [5.74, 6) is -0.630. The molecule has 2 aromatic rings. The quantitative estimate of drug-likeness (QED) is 0.253. The van der Waals surface area contributed by atoms with Gasteiger partial charge in [0.25, 0.3) is 5.91 Å². The normalized spacial score (nSPS) is 25.3. The van der Waals surface area contributed by atoms with Gasteiger partial charge in [-0.1, -0.05) is 19.6 Å². The summed E-state index contributed by atoms with van der Waals surface area (Å²) in [5.41, 5.74) is 2.86. The summed E-state index contributed by atoms with van der Waals surface area (Å²) < 4.78 is 20.7. The van der Waals surface area contributed by atoms with E-state index in [0.717, 1.165) is 54.0 Å². The second kappa shape index (κ2) is 12.5. The second-order valence-corrected chi connectivity index (χ2v) is 21.1. The molecule has 252 valence electrons. The monoisotopic (exact) mass is 655 g/mol. The Hall–Kier alpha value is -3.16. The standard InChI is InChI=1S/C33H49N5O7Si/c1-33(2,3)45-32(42)37-22-16-21(17-23(37)19-44-18-22)34-25-9-10-26-29-24(25)8-7-13-35(29)31(41)38(26)27-11-12-28(39)36(30(27)40)20-43-14-15-46(4,5)6/h9-10,21-23,27,34H,7-8,11-20H2,1-6H3. The fourth-order valence-corrected chi connectivity index (χ4v) is 8.11. The molecule has 5 heterocycles. The van der Waals surface area contributed by atoms with Crippen molar-refractivity contribution < 1.29 is 28.6 Å². The highest BCUT2D eigenvalue weighted by Crippen LogP contribution is 2.37. The van der Waals surface area contributed by atoms with Crippen molar-refractivity contribution in [3.8, 4) is 0 Å². The Morgan fingerprint density at radius 2 is 1.78 bits per heavy atom. The number of nitrogens with one attached hydrogen (secondary N) is 1. The highest BCUT2D eigenvalue weighted by molar-refractivity contribution is 6.76. The highest BCUT2D eigenvalue weighted by Gasteiger charge is 2.44. The van der Waals surface area contributed by atoms with E-state index in [0.29, 0.717) is 32.8 Å². The van der Waals surface area contributed by atoms with Gasteiger partial charge in [0.2, 0.25) is 5.91 Å². The smallest absolute Gasteiger partial charge is 0.410 e. The summed E-state index contributed by atoms with van der Waals surface area (Å²) in [7, 11) is -1.32. The molecule has 12 nitrogen and oxygen atoms in total. The Morgan fingerprint density at radius 1 is 1.07 bits per heavy atom. The molecule has 4 aliphatic heterocycles. The number of ether oxygens (including phenoxy) is 3. The molecular weight excluding hydrogens is 606 g/mol. The number of morpholine rings is 1. The Balaban J connectivity index is 1.23. The van der Waals surface area contributed by atoms with Gasteiger partial charge in [0.05, 0.1) is 36.3 Å². The van der Waals surface area contributed by atoms with Crippen LogP contribution in [0.15, 0.2) is 16.9 Å². The number of imidazole rings is 1. The van der Waals surface area contributed by atoms with Crippen LogP contribution in [0.3, 0.4) is 0 Å². The zero-order valence-electron chi connectivity index (χ0n) is 28.1. The topological polar surface area (TPSA) is 124 Å². The minimum Gasteiger partial charge on any atom is -0.444 e. The number of benzene rings is 1. The molecule has 1 aromatic carbocycles. The number of amides is 3. The molecule has 6 rings (SSSR count). The van der Waals surface area contributed by atoms with Crippen LogP contribution in [0.25, 0.3) is 11.0 Å². The van der Waals surface area contributed by atoms with Crippen LogP contribution in [0.5, 0.6) is 0 Å². The van der Waals surface area contributed by atoms with Crippen molar-refractivity contribution in [2.45, 2.75) is 121 Å². The van der Waals surface area contributed by atoms with Gasteiger partial charge in [0, 0.05) is 44.9 Å². The Bertz CT molecular complexity index is 1560. The molecule has 3 saturated heterocycles. The van der Waals surface area contributed by atoms with Crippen molar-refractivity contribution in [2.75, 3.05) is 31.9 Å². The minimum atomic E-state index is -1.32. The van der Waals surface area contributed by atoms with Crippen LogP contribution in [0.1, 0.15) is 64.5 Å². The Labute approximate surface area is 271 Å². The van der Waals surface area contributed by atoms with Crippen molar-refractivity contribution in [3.63, 3.8) is 0 Å². The van der Waals surface area contributed by atoms with Crippen molar-refractivity contribution in [2.24, 2.45) is 0 Å². The largest absolute Gasteiger partial charge is 0.444 e. The van der Waals surface area contributed by atoms with Gasteiger partial charge in [-0.25, -0.2) is 9.59 Å². The summed E-state index contributed by atoms with van der Waals surface area (Å²) in [6.07, 6.45) is 3.26. The fourth-order valence-electron chi connectivity index (χ4n) is 7.36. The predicted octanol–water partition coefficient (Wildman–Crippen LogP) is 4.33. The van der Waals surface area contributed by atoms with Crippen LogP contribution in [-0.2, 0) is 36.8 Å². The van der Waals surface area contributed by atoms with Crippen molar-refractivity contribution in [1.82, 2.24) is 18.9 Å². The number of hydrogen-bond acceptors (Lipinski definition) is 8.